The molecular formula is C10H21NO2S. The van der Waals surface area contributed by atoms with E-state index in [1.807, 2.05) is 20.1 Å². The van der Waals surface area contributed by atoms with E-state index in [0.717, 1.165) is 6.42 Å². The smallest absolute Gasteiger partial charge is 0.221 e. The predicted octanol–water partition coefficient (Wildman–Crippen LogP) is 1.41. The number of carbonyl (C=O) groups is 1. The van der Waals surface area contributed by atoms with Gasteiger partial charge in [-0.15, -0.1) is 0 Å². The van der Waals surface area contributed by atoms with Crippen LogP contribution in [-0.4, -0.2) is 35.2 Å². The lowest BCUT2D eigenvalue weighted by atomic mass is 10.2. The molecule has 2 unspecified atom stereocenters. The van der Waals surface area contributed by atoms with Gasteiger partial charge in [-0.05, 0) is 19.1 Å². The summed E-state index contributed by atoms with van der Waals surface area (Å²) in [6.45, 7) is 4.54. The SMILES string of the molecule is CCC(O)CCNC(=O)CC(C)SC. The van der Waals surface area contributed by atoms with Gasteiger partial charge in [-0.25, -0.2) is 0 Å². The number of rotatable bonds is 7. The third-order valence-corrected chi connectivity index (χ3v) is 3.12. The minimum atomic E-state index is -0.284. The van der Waals surface area contributed by atoms with Crippen LogP contribution >= 0.6 is 11.8 Å². The number of nitrogens with one attached hydrogen (secondary N) is 1. The summed E-state index contributed by atoms with van der Waals surface area (Å²) < 4.78 is 0. The van der Waals surface area contributed by atoms with Crippen molar-refractivity contribution in [3.8, 4) is 0 Å². The molecule has 2 N–H and O–H groups in total. The van der Waals surface area contributed by atoms with Gasteiger partial charge in [-0.1, -0.05) is 13.8 Å². The van der Waals surface area contributed by atoms with E-state index in [1.165, 1.54) is 0 Å². The first kappa shape index (κ1) is 13.8. The Morgan fingerprint density at radius 2 is 2.21 bits per heavy atom. The molecule has 0 aromatic rings. The fraction of sp³-hybridized carbons (Fsp3) is 0.900. The van der Waals surface area contributed by atoms with Crippen LogP contribution < -0.4 is 5.32 Å². The molecule has 84 valence electrons. The van der Waals surface area contributed by atoms with Gasteiger partial charge in [0.2, 0.25) is 5.91 Å². The molecule has 14 heavy (non-hydrogen) atoms. The van der Waals surface area contributed by atoms with Crippen molar-refractivity contribution in [2.75, 3.05) is 12.8 Å². The lowest BCUT2D eigenvalue weighted by Crippen LogP contribution is -2.28. The third-order valence-electron chi connectivity index (χ3n) is 2.15. The molecule has 4 heteroatoms. The van der Waals surface area contributed by atoms with Crippen molar-refractivity contribution < 1.29 is 9.90 Å². The van der Waals surface area contributed by atoms with Crippen molar-refractivity contribution in [2.45, 2.75) is 44.5 Å². The van der Waals surface area contributed by atoms with E-state index in [1.54, 1.807) is 11.8 Å². The van der Waals surface area contributed by atoms with E-state index >= 15 is 0 Å². The monoisotopic (exact) mass is 219 g/mol. The summed E-state index contributed by atoms with van der Waals surface area (Å²) in [4.78, 5) is 11.3. The second kappa shape index (κ2) is 8.12. The van der Waals surface area contributed by atoms with Crippen LogP contribution in [0.1, 0.15) is 33.1 Å². The van der Waals surface area contributed by atoms with Gasteiger partial charge in [0.15, 0.2) is 0 Å². The highest BCUT2D eigenvalue weighted by Gasteiger charge is 2.07. The first-order valence-corrected chi connectivity index (χ1v) is 6.36. The first-order chi connectivity index (χ1) is 6.60. The zero-order valence-electron chi connectivity index (χ0n) is 9.25. The van der Waals surface area contributed by atoms with Gasteiger partial charge in [0.1, 0.15) is 0 Å². The molecule has 0 spiro atoms. The Kier molecular flexibility index (Phi) is 7.99. The predicted molar refractivity (Wildman–Crippen MR) is 61.5 cm³/mol. The molecule has 0 aliphatic carbocycles. The lowest BCUT2D eigenvalue weighted by molar-refractivity contribution is -0.121. The topological polar surface area (TPSA) is 49.3 Å². The van der Waals surface area contributed by atoms with Crippen LogP contribution in [0.4, 0.5) is 0 Å². The van der Waals surface area contributed by atoms with Gasteiger partial charge in [-0.3, -0.25) is 4.79 Å². The second-order valence-corrected chi connectivity index (χ2v) is 4.73. The summed E-state index contributed by atoms with van der Waals surface area (Å²) in [5.74, 6) is 0.0788. The van der Waals surface area contributed by atoms with E-state index < -0.39 is 0 Å². The van der Waals surface area contributed by atoms with Crippen molar-refractivity contribution in [3.05, 3.63) is 0 Å². The minimum absolute atomic E-state index is 0.0788. The maximum Gasteiger partial charge on any atom is 0.221 e. The Hall–Kier alpha value is -0.220. The van der Waals surface area contributed by atoms with Gasteiger partial charge in [0, 0.05) is 18.2 Å². The molecule has 1 amide bonds. The van der Waals surface area contributed by atoms with Crippen molar-refractivity contribution in [3.63, 3.8) is 0 Å². The Morgan fingerprint density at radius 3 is 2.71 bits per heavy atom. The van der Waals surface area contributed by atoms with Gasteiger partial charge in [0.25, 0.3) is 0 Å². The van der Waals surface area contributed by atoms with Crippen molar-refractivity contribution in [1.29, 1.82) is 0 Å². The zero-order valence-corrected chi connectivity index (χ0v) is 10.1. The molecule has 0 heterocycles. The molecule has 0 aromatic carbocycles. The van der Waals surface area contributed by atoms with Crippen LogP contribution in [-0.2, 0) is 4.79 Å². The molecule has 0 aliphatic heterocycles. The first-order valence-electron chi connectivity index (χ1n) is 5.07. The van der Waals surface area contributed by atoms with Crippen LogP contribution in [0.3, 0.4) is 0 Å². The van der Waals surface area contributed by atoms with E-state index in [0.29, 0.717) is 24.6 Å². The maximum atomic E-state index is 11.3. The number of aliphatic hydroxyl groups is 1. The van der Waals surface area contributed by atoms with Crippen LogP contribution in [0, 0.1) is 0 Å². The lowest BCUT2D eigenvalue weighted by Gasteiger charge is -2.10. The van der Waals surface area contributed by atoms with Gasteiger partial charge in [0.05, 0.1) is 6.10 Å². The summed E-state index contributed by atoms with van der Waals surface area (Å²) in [5, 5.41) is 12.4. The summed E-state index contributed by atoms with van der Waals surface area (Å²) >= 11 is 1.69. The quantitative estimate of drug-likeness (QED) is 0.680. The Labute approximate surface area is 90.7 Å². The zero-order chi connectivity index (χ0) is 11.0. The molecular weight excluding hydrogens is 198 g/mol. The van der Waals surface area contributed by atoms with E-state index in [-0.39, 0.29) is 12.0 Å². The van der Waals surface area contributed by atoms with E-state index in [4.69, 9.17) is 0 Å². The molecule has 0 rings (SSSR count). The average molecular weight is 219 g/mol. The average Bonchev–Trinajstić information content (AvgIpc) is 2.17. The minimum Gasteiger partial charge on any atom is -0.393 e. The fourth-order valence-electron chi connectivity index (χ4n) is 0.999. The van der Waals surface area contributed by atoms with E-state index in [9.17, 15) is 9.90 Å². The van der Waals surface area contributed by atoms with Crippen molar-refractivity contribution in [1.82, 2.24) is 5.32 Å². The number of thioether (sulfide) groups is 1. The van der Waals surface area contributed by atoms with Crippen LogP contribution in [0.15, 0.2) is 0 Å². The largest absolute Gasteiger partial charge is 0.393 e. The van der Waals surface area contributed by atoms with E-state index in [2.05, 4.69) is 5.32 Å². The summed E-state index contributed by atoms with van der Waals surface area (Å²) in [5.41, 5.74) is 0. The molecule has 3 nitrogen and oxygen atoms in total. The number of carbonyl (C=O) groups excluding carboxylic acids is 1. The van der Waals surface area contributed by atoms with Crippen LogP contribution in [0.5, 0.6) is 0 Å². The van der Waals surface area contributed by atoms with Crippen molar-refractivity contribution in [2.24, 2.45) is 0 Å². The molecule has 2 atom stereocenters. The second-order valence-electron chi connectivity index (χ2n) is 3.45. The fourth-order valence-corrected chi connectivity index (χ4v) is 1.32. The maximum absolute atomic E-state index is 11.3. The van der Waals surface area contributed by atoms with Crippen LogP contribution in [0.2, 0.25) is 0 Å². The van der Waals surface area contributed by atoms with Crippen molar-refractivity contribution >= 4 is 17.7 Å². The Bertz CT molecular complexity index is 164. The van der Waals surface area contributed by atoms with Gasteiger partial charge >= 0.3 is 0 Å². The summed E-state index contributed by atoms with van der Waals surface area (Å²) in [6.07, 6.45) is 3.67. The highest BCUT2D eigenvalue weighted by molar-refractivity contribution is 7.99. The number of hydrogen-bond donors (Lipinski definition) is 2. The number of hydrogen-bond acceptors (Lipinski definition) is 3. The number of amides is 1. The number of aliphatic hydroxyl groups excluding tert-OH is 1. The highest BCUT2D eigenvalue weighted by Crippen LogP contribution is 2.08. The molecule has 0 saturated carbocycles. The van der Waals surface area contributed by atoms with Gasteiger partial charge < -0.3 is 10.4 Å². The molecule has 0 saturated heterocycles. The molecule has 0 aliphatic rings. The normalized spacial score (nSPS) is 14.9. The molecule has 0 fully saturated rings. The molecule has 0 aromatic heterocycles. The highest BCUT2D eigenvalue weighted by atomic mass is 32.2. The Morgan fingerprint density at radius 1 is 1.57 bits per heavy atom. The third kappa shape index (κ3) is 7.21. The molecule has 0 radical (unpaired) electrons. The van der Waals surface area contributed by atoms with Gasteiger partial charge in [-0.2, -0.15) is 11.8 Å². The van der Waals surface area contributed by atoms with Crippen LogP contribution in [0.25, 0.3) is 0 Å². The Balaban J connectivity index is 3.44. The summed E-state index contributed by atoms with van der Waals surface area (Å²) in [6, 6.07) is 0. The summed E-state index contributed by atoms with van der Waals surface area (Å²) in [7, 11) is 0. The molecule has 0 bridgehead atoms. The standard InChI is InChI=1S/C10H21NO2S/c1-4-9(12)5-6-11-10(13)7-8(2)14-3/h8-9,12H,4-7H2,1-3H3,(H,11,13).